The van der Waals surface area contributed by atoms with Gasteiger partial charge in [-0.05, 0) is 12.1 Å². The lowest BCUT2D eigenvalue weighted by atomic mass is 10.5. The molecular formula is C4H6N4O2S. The number of rotatable bonds is 3. The van der Waals surface area contributed by atoms with Crippen molar-refractivity contribution in [1.82, 2.24) is 20.6 Å². The fourth-order valence-corrected chi connectivity index (χ4v) is 1.01. The standard InChI is InChI=1S/C4H6N4O2S/c1-2(3(9)10)11-4-5-7-8-6-4/h2H,1H3,(H,9,10)(H,5,6,7,8)/t2-/m0/s1. The molecule has 0 aromatic carbocycles. The fourth-order valence-electron chi connectivity index (χ4n) is 0.411. The van der Waals surface area contributed by atoms with Crippen molar-refractivity contribution in [2.45, 2.75) is 17.3 Å². The van der Waals surface area contributed by atoms with Crippen LogP contribution >= 0.6 is 11.8 Å². The Bertz CT molecular complexity index is 236. The normalized spacial score (nSPS) is 12.8. The van der Waals surface area contributed by atoms with Crippen LogP contribution in [0.3, 0.4) is 0 Å². The van der Waals surface area contributed by atoms with Crippen LogP contribution in [0.15, 0.2) is 5.16 Å². The van der Waals surface area contributed by atoms with Gasteiger partial charge < -0.3 is 5.11 Å². The molecule has 0 saturated heterocycles. The summed E-state index contributed by atoms with van der Waals surface area (Å²) < 4.78 is 0. The van der Waals surface area contributed by atoms with E-state index in [-0.39, 0.29) is 0 Å². The molecule has 6 nitrogen and oxygen atoms in total. The van der Waals surface area contributed by atoms with E-state index >= 15 is 0 Å². The van der Waals surface area contributed by atoms with Crippen LogP contribution in [-0.2, 0) is 4.79 Å². The van der Waals surface area contributed by atoms with Crippen molar-refractivity contribution < 1.29 is 9.90 Å². The Morgan fingerprint density at radius 1 is 1.82 bits per heavy atom. The van der Waals surface area contributed by atoms with E-state index < -0.39 is 11.2 Å². The number of nitrogens with one attached hydrogen (secondary N) is 1. The highest BCUT2D eigenvalue weighted by atomic mass is 32.2. The Balaban J connectivity index is 2.50. The van der Waals surface area contributed by atoms with Crippen LogP contribution in [0.4, 0.5) is 0 Å². The van der Waals surface area contributed by atoms with Crippen molar-refractivity contribution in [2.75, 3.05) is 0 Å². The minimum atomic E-state index is -0.889. The van der Waals surface area contributed by atoms with E-state index in [1.165, 1.54) is 0 Å². The van der Waals surface area contributed by atoms with Gasteiger partial charge >= 0.3 is 5.97 Å². The number of carbonyl (C=O) groups is 1. The topological polar surface area (TPSA) is 91.8 Å². The summed E-state index contributed by atoms with van der Waals surface area (Å²) in [7, 11) is 0. The average molecular weight is 174 g/mol. The number of aliphatic carboxylic acids is 1. The molecule has 0 radical (unpaired) electrons. The zero-order valence-electron chi connectivity index (χ0n) is 5.68. The smallest absolute Gasteiger partial charge is 0.316 e. The van der Waals surface area contributed by atoms with Crippen molar-refractivity contribution in [3.8, 4) is 0 Å². The van der Waals surface area contributed by atoms with Crippen molar-refractivity contribution in [3.05, 3.63) is 0 Å². The zero-order chi connectivity index (χ0) is 8.27. The molecule has 1 atom stereocenters. The second kappa shape index (κ2) is 3.33. The molecule has 11 heavy (non-hydrogen) atoms. The van der Waals surface area contributed by atoms with Gasteiger partial charge in [-0.25, -0.2) is 0 Å². The van der Waals surface area contributed by atoms with Crippen LogP contribution in [0.5, 0.6) is 0 Å². The Morgan fingerprint density at radius 3 is 3.00 bits per heavy atom. The van der Waals surface area contributed by atoms with Gasteiger partial charge in [0.05, 0.1) is 0 Å². The SMILES string of the molecule is C[C@H](Sc1nn[nH]n1)C(=O)O. The number of carboxylic acid groups (broad SMARTS) is 1. The molecule has 1 aromatic heterocycles. The van der Waals surface area contributed by atoms with Crippen molar-refractivity contribution in [3.63, 3.8) is 0 Å². The average Bonchev–Trinajstić information content (AvgIpc) is 2.39. The summed E-state index contributed by atoms with van der Waals surface area (Å²) >= 11 is 1.04. The monoisotopic (exact) mass is 174 g/mol. The highest BCUT2D eigenvalue weighted by molar-refractivity contribution is 8.00. The summed E-state index contributed by atoms with van der Waals surface area (Å²) in [5, 5.41) is 21.0. The second-order valence-electron chi connectivity index (χ2n) is 1.79. The number of hydrogen-bond acceptors (Lipinski definition) is 5. The van der Waals surface area contributed by atoms with Crippen LogP contribution < -0.4 is 0 Å². The third-order valence-electron chi connectivity index (χ3n) is 0.956. The molecule has 0 aliphatic heterocycles. The van der Waals surface area contributed by atoms with Crippen LogP contribution in [-0.4, -0.2) is 36.9 Å². The number of tetrazole rings is 1. The molecule has 1 heterocycles. The molecule has 0 unspecified atom stereocenters. The van der Waals surface area contributed by atoms with E-state index in [0.29, 0.717) is 5.16 Å². The van der Waals surface area contributed by atoms with Crippen molar-refractivity contribution in [2.24, 2.45) is 0 Å². The zero-order valence-corrected chi connectivity index (χ0v) is 6.50. The van der Waals surface area contributed by atoms with E-state index in [2.05, 4.69) is 20.6 Å². The first-order valence-corrected chi connectivity index (χ1v) is 3.71. The third kappa shape index (κ3) is 2.19. The summed E-state index contributed by atoms with van der Waals surface area (Å²) in [6.45, 7) is 1.56. The van der Waals surface area contributed by atoms with Gasteiger partial charge in [0.2, 0.25) is 5.16 Å². The molecule has 2 N–H and O–H groups in total. The van der Waals surface area contributed by atoms with E-state index in [1.807, 2.05) is 0 Å². The first kappa shape index (κ1) is 7.99. The Labute approximate surface area is 66.4 Å². The summed E-state index contributed by atoms with van der Waals surface area (Å²) in [6, 6.07) is 0. The van der Waals surface area contributed by atoms with Gasteiger partial charge in [0, 0.05) is 0 Å². The van der Waals surface area contributed by atoms with E-state index in [0.717, 1.165) is 11.8 Å². The van der Waals surface area contributed by atoms with Gasteiger partial charge in [0.1, 0.15) is 5.25 Å². The molecule has 60 valence electrons. The Hall–Kier alpha value is -1.11. The lowest BCUT2D eigenvalue weighted by Gasteiger charge is -1.98. The molecule has 1 rings (SSSR count). The number of nitrogens with zero attached hydrogens (tertiary/aromatic N) is 3. The molecule has 0 spiro atoms. The molecule has 1 aromatic rings. The highest BCUT2D eigenvalue weighted by Crippen LogP contribution is 2.16. The van der Waals surface area contributed by atoms with Crippen LogP contribution in [0.1, 0.15) is 6.92 Å². The quantitative estimate of drug-likeness (QED) is 0.615. The van der Waals surface area contributed by atoms with Crippen LogP contribution in [0.25, 0.3) is 0 Å². The third-order valence-corrected chi connectivity index (χ3v) is 1.89. The molecule has 0 aliphatic rings. The summed E-state index contributed by atoms with van der Waals surface area (Å²) in [4.78, 5) is 10.3. The number of thioether (sulfide) groups is 1. The summed E-state index contributed by atoms with van der Waals surface area (Å²) in [5.41, 5.74) is 0. The van der Waals surface area contributed by atoms with Crippen molar-refractivity contribution in [1.29, 1.82) is 0 Å². The van der Waals surface area contributed by atoms with Crippen molar-refractivity contribution >= 4 is 17.7 Å². The lowest BCUT2D eigenvalue weighted by molar-refractivity contribution is -0.136. The molecule has 0 saturated carbocycles. The van der Waals surface area contributed by atoms with Gasteiger partial charge in [-0.15, -0.1) is 10.2 Å². The molecule has 0 bridgehead atoms. The molecule has 7 heteroatoms. The maximum absolute atomic E-state index is 10.3. The number of H-pyrrole nitrogens is 1. The second-order valence-corrected chi connectivity index (χ2v) is 3.10. The maximum atomic E-state index is 10.3. The maximum Gasteiger partial charge on any atom is 0.316 e. The minimum absolute atomic E-state index is 0.347. The highest BCUT2D eigenvalue weighted by Gasteiger charge is 2.14. The van der Waals surface area contributed by atoms with E-state index in [1.54, 1.807) is 6.92 Å². The predicted molar refractivity (Wildman–Crippen MR) is 37.1 cm³/mol. The molecular weight excluding hydrogens is 168 g/mol. The summed E-state index contributed by atoms with van der Waals surface area (Å²) in [6.07, 6.45) is 0. The van der Waals surface area contributed by atoms with Gasteiger partial charge in [-0.3, -0.25) is 4.79 Å². The Morgan fingerprint density at radius 2 is 2.55 bits per heavy atom. The number of carboxylic acids is 1. The Kier molecular flexibility index (Phi) is 2.42. The lowest BCUT2D eigenvalue weighted by Crippen LogP contribution is -2.11. The number of aromatic nitrogens is 4. The number of hydrogen-bond donors (Lipinski definition) is 2. The molecule has 0 aliphatic carbocycles. The summed E-state index contributed by atoms with van der Waals surface area (Å²) in [5.74, 6) is -0.889. The van der Waals surface area contributed by atoms with E-state index in [4.69, 9.17) is 5.11 Å². The first-order valence-electron chi connectivity index (χ1n) is 2.83. The molecule has 0 fully saturated rings. The van der Waals surface area contributed by atoms with E-state index in [9.17, 15) is 4.79 Å². The fraction of sp³-hybridized carbons (Fsp3) is 0.500. The number of aromatic amines is 1. The van der Waals surface area contributed by atoms with Crippen LogP contribution in [0, 0.1) is 0 Å². The predicted octanol–water partition coefficient (Wildman–Crippen LogP) is -0.235. The minimum Gasteiger partial charge on any atom is -0.480 e. The molecule has 0 amide bonds. The van der Waals surface area contributed by atoms with Gasteiger partial charge in [-0.1, -0.05) is 11.8 Å². The van der Waals surface area contributed by atoms with Gasteiger partial charge in [0.15, 0.2) is 0 Å². The first-order chi connectivity index (χ1) is 5.20. The largest absolute Gasteiger partial charge is 0.480 e. The van der Waals surface area contributed by atoms with Gasteiger partial charge in [0.25, 0.3) is 0 Å². The van der Waals surface area contributed by atoms with Crippen LogP contribution in [0.2, 0.25) is 0 Å². The van der Waals surface area contributed by atoms with Gasteiger partial charge in [-0.2, -0.15) is 5.21 Å².